The van der Waals surface area contributed by atoms with Crippen molar-refractivity contribution in [1.29, 1.82) is 0 Å². The van der Waals surface area contributed by atoms with Crippen LogP contribution in [0.15, 0.2) is 170 Å². The van der Waals surface area contributed by atoms with Crippen LogP contribution in [0, 0.1) is 47.3 Å². The third kappa shape index (κ3) is 45.3. The average Bonchev–Trinajstić information content (AvgIpc) is 0.463. The topological polar surface area (TPSA) is 170 Å². The van der Waals surface area contributed by atoms with E-state index in [4.69, 9.17) is 100 Å². The average molecular weight is 2280 g/mol. The molecular weight excluding hydrogens is 2110 g/mol. The van der Waals surface area contributed by atoms with Gasteiger partial charge in [0.25, 0.3) is 0 Å². The molecule has 20 nitrogen and oxygen atoms in total. The van der Waals surface area contributed by atoms with Gasteiger partial charge in [-0.2, -0.15) is 75.8 Å². The van der Waals surface area contributed by atoms with E-state index in [1.165, 1.54) is 132 Å². The number of nitrogens with one attached hydrogen (secondary N) is 3. The van der Waals surface area contributed by atoms with Gasteiger partial charge >= 0.3 is 23.9 Å². The van der Waals surface area contributed by atoms with Gasteiger partial charge in [0.2, 0.25) is 0 Å². The molecule has 0 bridgehead atoms. The van der Waals surface area contributed by atoms with Gasteiger partial charge in [0.05, 0.1) is 52.1 Å². The molecule has 7 heterocycles. The van der Waals surface area contributed by atoms with Crippen molar-refractivity contribution in [3.8, 4) is 0 Å². The maximum absolute atomic E-state index is 11.9. The summed E-state index contributed by atoms with van der Waals surface area (Å²) in [6.07, 6.45) is 11.3. The number of piperidine rings is 7. The standard InChI is InChI=1S/C20H33ClN2S2.2C19H32ClN3S2.4C14H18ClNO2/c1-23-11-7-20(17-2-4-19(21)5-3-17)18(15-23)14-16(8-12-24)6-9-22-10-13-25;2*1-22-9-6-19(16-2-4-18(20)5-3-16)17(14-22)15-23(11-13-25)10-7-21-8-12-24;4*1-16-8-7-12(13(9-16)14(17)18-2)10-3-5-11(15)6-4-10/h2-5,16,18,20,22,24-25H,6-15H2,1H3;2*2-5,17,19,21,24-25H,6-15H2,1H3;4*3-6,12-13H,7-9H2,1-2H3/t16?,18-,20?;;;12?,13-;;;/m0..0.../s1. The number of esters is 4. The van der Waals surface area contributed by atoms with E-state index in [9.17, 15) is 19.2 Å². The van der Waals surface area contributed by atoms with Gasteiger partial charge in [-0.1, -0.05) is 166 Å². The zero-order chi connectivity index (χ0) is 107. The Bertz CT molecular complexity index is 4270. The van der Waals surface area contributed by atoms with E-state index in [1.54, 1.807) is 0 Å². The molecule has 0 radical (unpaired) electrons. The van der Waals surface area contributed by atoms with Gasteiger partial charge < -0.3 is 79.0 Å². The number of ether oxygens (including phenoxy) is 4. The van der Waals surface area contributed by atoms with Crippen LogP contribution in [0.5, 0.6) is 0 Å². The summed E-state index contributed by atoms with van der Waals surface area (Å²) in [5, 5.41) is 15.8. The molecule has 0 aromatic heterocycles. The van der Waals surface area contributed by atoms with Crippen LogP contribution >= 0.6 is 157 Å². The number of carbonyl (C=O) groups excluding carboxylic acids is 4. The van der Waals surface area contributed by atoms with Crippen molar-refractivity contribution >= 4 is 181 Å². The minimum Gasteiger partial charge on any atom is -0.469 e. The van der Waals surface area contributed by atoms with Crippen LogP contribution in [0.4, 0.5) is 0 Å². The summed E-state index contributed by atoms with van der Waals surface area (Å²) in [5.41, 5.74) is 9.00. The summed E-state index contributed by atoms with van der Waals surface area (Å²) in [5.74, 6) is 10.2. The van der Waals surface area contributed by atoms with Gasteiger partial charge in [0.1, 0.15) is 0 Å². The lowest BCUT2D eigenvalue weighted by molar-refractivity contribution is -0.148. The highest BCUT2D eigenvalue weighted by molar-refractivity contribution is 7.81. The van der Waals surface area contributed by atoms with Gasteiger partial charge in [-0.3, -0.25) is 19.2 Å². The second kappa shape index (κ2) is 71.3. The Hall–Kier alpha value is -3.93. The van der Waals surface area contributed by atoms with E-state index >= 15 is 0 Å². The van der Waals surface area contributed by atoms with E-state index < -0.39 is 0 Å². The Kier molecular flexibility index (Phi) is 62.2. The molecule has 7 aromatic rings. The van der Waals surface area contributed by atoms with E-state index in [0.717, 1.165) is 251 Å². The number of hydrogen-bond acceptors (Lipinski definition) is 26. The highest BCUT2D eigenvalue weighted by Gasteiger charge is 2.41. The van der Waals surface area contributed by atoms with E-state index in [0.29, 0.717) is 29.6 Å². The lowest BCUT2D eigenvalue weighted by atomic mass is 9.75. The van der Waals surface area contributed by atoms with Crippen molar-refractivity contribution in [3.63, 3.8) is 0 Å². The monoisotopic (exact) mass is 2270 g/mol. The number of carbonyl (C=O) groups is 4. The molecule has 818 valence electrons. The molecule has 15 atom stereocenters. The van der Waals surface area contributed by atoms with Crippen molar-refractivity contribution in [2.75, 3.05) is 282 Å². The number of benzene rings is 7. The van der Waals surface area contributed by atoms with Crippen LogP contribution in [0.2, 0.25) is 35.2 Å². The molecule has 14 rings (SSSR count). The summed E-state index contributed by atoms with van der Waals surface area (Å²) in [4.78, 5) is 68.8. The first kappa shape index (κ1) is 128. The molecular formula is C114H169Cl7N12O8S6. The molecule has 0 amide bonds. The zero-order valence-corrected chi connectivity index (χ0v) is 99.3. The predicted molar refractivity (Wildman–Crippen MR) is 639 cm³/mol. The number of hydrogen-bond donors (Lipinski definition) is 9. The fraction of sp³-hybridized carbons (Fsp3) is 0.596. The van der Waals surface area contributed by atoms with Gasteiger partial charge in [0.15, 0.2) is 0 Å². The number of likely N-dealkylation sites (tertiary alicyclic amines) is 7. The smallest absolute Gasteiger partial charge is 0.310 e. The minimum atomic E-state index is -0.124. The highest BCUT2D eigenvalue weighted by Crippen LogP contribution is 2.43. The molecule has 7 fully saturated rings. The Labute approximate surface area is 950 Å². The summed E-state index contributed by atoms with van der Waals surface area (Å²) < 4.78 is 19.7. The Morgan fingerprint density at radius 2 is 0.490 bits per heavy atom. The van der Waals surface area contributed by atoms with Crippen LogP contribution < -0.4 is 16.0 Å². The molecule has 7 aliphatic heterocycles. The van der Waals surface area contributed by atoms with Crippen molar-refractivity contribution in [1.82, 2.24) is 60.0 Å². The lowest BCUT2D eigenvalue weighted by Crippen LogP contribution is -2.45. The molecule has 7 aromatic carbocycles. The third-order valence-electron chi connectivity index (χ3n) is 30.0. The molecule has 0 spiro atoms. The second-order valence-corrected chi connectivity index (χ2v) is 46.4. The van der Waals surface area contributed by atoms with E-state index in [-0.39, 0.29) is 71.2 Å². The lowest BCUT2D eigenvalue weighted by Gasteiger charge is -2.40. The summed E-state index contributed by atoms with van der Waals surface area (Å²) in [6.45, 7) is 26.6. The van der Waals surface area contributed by atoms with Crippen LogP contribution in [0.25, 0.3) is 0 Å². The first-order chi connectivity index (χ1) is 70.9. The summed E-state index contributed by atoms with van der Waals surface area (Å²) in [6, 6.07) is 56.6. The highest BCUT2D eigenvalue weighted by atomic mass is 35.5. The molecule has 13 unspecified atom stereocenters. The summed E-state index contributed by atoms with van der Waals surface area (Å²) >= 11 is 68.1. The van der Waals surface area contributed by atoms with Gasteiger partial charge in [-0.25, -0.2) is 0 Å². The van der Waals surface area contributed by atoms with Crippen LogP contribution in [0.3, 0.4) is 0 Å². The Morgan fingerprint density at radius 1 is 0.279 bits per heavy atom. The molecule has 147 heavy (non-hydrogen) atoms. The molecule has 3 N–H and O–H groups in total. The van der Waals surface area contributed by atoms with Crippen LogP contribution in [-0.4, -0.2) is 350 Å². The van der Waals surface area contributed by atoms with Gasteiger partial charge in [-0.15, -0.1) is 0 Å². The number of rotatable bonds is 38. The molecule has 7 saturated heterocycles. The first-order valence-corrected chi connectivity index (χ1v) is 58.9. The van der Waals surface area contributed by atoms with Crippen molar-refractivity contribution in [3.05, 3.63) is 244 Å². The van der Waals surface area contributed by atoms with Gasteiger partial charge in [0, 0.05) is 182 Å². The molecule has 0 aliphatic carbocycles. The normalized spacial score (nSPS) is 23.5. The zero-order valence-electron chi connectivity index (χ0n) is 88.6. The van der Waals surface area contributed by atoms with Crippen molar-refractivity contribution in [2.45, 2.75) is 106 Å². The number of nitrogens with zero attached hydrogens (tertiary/aromatic N) is 9. The first-order valence-electron chi connectivity index (χ1n) is 52.5. The largest absolute Gasteiger partial charge is 0.469 e. The molecule has 7 aliphatic rings. The van der Waals surface area contributed by atoms with Crippen LogP contribution in [-0.2, 0) is 38.1 Å². The van der Waals surface area contributed by atoms with Crippen molar-refractivity contribution < 1.29 is 38.1 Å². The molecule has 0 saturated carbocycles. The third-order valence-corrected chi connectivity index (χ3v) is 33.1. The fourth-order valence-electron chi connectivity index (χ4n) is 22.1. The van der Waals surface area contributed by atoms with Crippen molar-refractivity contribution in [2.24, 2.45) is 47.3 Å². The van der Waals surface area contributed by atoms with Gasteiger partial charge in [-0.05, 0) is 361 Å². The molecule has 33 heteroatoms. The minimum absolute atomic E-state index is 0.0880. The quantitative estimate of drug-likeness (QED) is 0.00774. The SMILES string of the molecule is CN1CCC(c2ccc(Cl)cc2)C(CN(CCS)CCNCCS)C1.CN1CCC(c2ccc(Cl)cc2)C(CN(CCS)CCNCCS)C1.CN1CCC(c2ccc(Cl)cc2)[C@@H](CC(CCS)CCNCCS)C1.COC(=O)C1CN(C)CCC1c1ccc(Cl)cc1.COC(=O)C1CN(C)CCC1c1ccc(Cl)cc1.COC(=O)C1CN(C)CCC1c1ccc(Cl)cc1.COC(=O)[C@H]1CN(C)CCC1c1ccc(Cl)cc1. The maximum atomic E-state index is 11.9. The van der Waals surface area contributed by atoms with E-state index in [1.807, 2.05) is 162 Å². The number of methoxy groups -OCH3 is 4. The fourth-order valence-corrected chi connectivity index (χ4v) is 24.4. The Morgan fingerprint density at radius 3 is 0.714 bits per heavy atom. The maximum Gasteiger partial charge on any atom is 0.310 e. The summed E-state index contributed by atoms with van der Waals surface area (Å²) in [7, 11) is 20.7. The number of halogens is 7. The van der Waals surface area contributed by atoms with E-state index in [2.05, 4.69) is 193 Å². The Balaban J connectivity index is 0.000000210. The number of thiol groups is 6. The predicted octanol–water partition coefficient (Wildman–Crippen LogP) is 21.1. The second-order valence-electron chi connectivity index (χ2n) is 40.6. The van der Waals surface area contributed by atoms with Crippen LogP contribution in [0.1, 0.15) is 145 Å².